The van der Waals surface area contributed by atoms with Crippen LogP contribution in [0.2, 0.25) is 0 Å². The fraction of sp³-hybridized carbons (Fsp3) is 0.846. The molecule has 0 aromatic carbocycles. The van der Waals surface area contributed by atoms with Gasteiger partial charge in [0.05, 0.1) is 0 Å². The highest BCUT2D eigenvalue weighted by Crippen LogP contribution is 2.29. The molecule has 0 aromatic rings. The largest absolute Gasteiger partial charge is 0.308 e. The summed E-state index contributed by atoms with van der Waals surface area (Å²) in [6, 6.07) is 0. The van der Waals surface area contributed by atoms with Crippen LogP contribution in [0.5, 0.6) is 0 Å². The Labute approximate surface area is 94.5 Å². The van der Waals surface area contributed by atoms with Gasteiger partial charge in [0, 0.05) is 23.2 Å². The van der Waals surface area contributed by atoms with E-state index in [1.54, 1.807) is 0 Å². The second-order valence-corrected chi connectivity index (χ2v) is 6.74. The number of hydrogen-bond acceptors (Lipinski definition) is 2. The van der Waals surface area contributed by atoms with Gasteiger partial charge in [0.15, 0.2) is 0 Å². The Kier molecular flexibility index (Phi) is 3.05. The molecule has 0 aliphatic carbocycles. The summed E-state index contributed by atoms with van der Waals surface area (Å²) in [6.07, 6.45) is 2.35. The van der Waals surface area contributed by atoms with Gasteiger partial charge in [0.2, 0.25) is 0 Å². The smallest absolute Gasteiger partial charge is 0.0357 e. The Balaban J connectivity index is 2.69. The first-order valence-corrected chi connectivity index (χ1v) is 5.78. The molecule has 0 amide bonds. The summed E-state index contributed by atoms with van der Waals surface area (Å²) in [5, 5.41) is 7.17. The maximum absolute atomic E-state index is 3.62. The van der Waals surface area contributed by atoms with Crippen molar-refractivity contribution in [2.24, 2.45) is 0 Å². The molecule has 0 fully saturated rings. The fourth-order valence-electron chi connectivity index (χ4n) is 2.17. The predicted octanol–water partition coefficient (Wildman–Crippen LogP) is 2.46. The molecule has 1 heterocycles. The predicted molar refractivity (Wildman–Crippen MR) is 67.1 cm³/mol. The highest BCUT2D eigenvalue weighted by atomic mass is 15.1. The van der Waals surface area contributed by atoms with Crippen LogP contribution < -0.4 is 10.6 Å². The van der Waals surface area contributed by atoms with Gasteiger partial charge in [-0.15, -0.1) is 0 Å². The lowest BCUT2D eigenvalue weighted by Crippen LogP contribution is -2.47. The third kappa shape index (κ3) is 3.62. The molecular weight excluding hydrogens is 184 g/mol. The Morgan fingerprint density at radius 3 is 2.07 bits per heavy atom. The van der Waals surface area contributed by atoms with Gasteiger partial charge >= 0.3 is 0 Å². The van der Waals surface area contributed by atoms with Crippen molar-refractivity contribution < 1.29 is 0 Å². The molecule has 1 aliphatic heterocycles. The van der Waals surface area contributed by atoms with Crippen LogP contribution in [0.4, 0.5) is 0 Å². The topological polar surface area (TPSA) is 24.1 Å². The molecule has 0 saturated carbocycles. The summed E-state index contributed by atoms with van der Waals surface area (Å²) in [4.78, 5) is 0. The van der Waals surface area contributed by atoms with E-state index >= 15 is 0 Å². The number of hydrogen-bond donors (Lipinski definition) is 2. The first-order valence-electron chi connectivity index (χ1n) is 5.78. The molecule has 0 unspecified atom stereocenters. The van der Waals surface area contributed by atoms with E-state index in [1.165, 1.54) is 5.57 Å². The molecule has 2 nitrogen and oxygen atoms in total. The summed E-state index contributed by atoms with van der Waals surface area (Å²) in [5.74, 6) is 0. The van der Waals surface area contributed by atoms with Gasteiger partial charge in [-0.1, -0.05) is 6.08 Å². The van der Waals surface area contributed by atoms with Crippen molar-refractivity contribution in [2.75, 3.05) is 6.54 Å². The normalized spacial score (nSPS) is 24.1. The van der Waals surface area contributed by atoms with E-state index in [0.717, 1.165) is 6.54 Å². The van der Waals surface area contributed by atoms with Crippen molar-refractivity contribution in [1.82, 2.24) is 10.6 Å². The maximum atomic E-state index is 3.62. The lowest BCUT2D eigenvalue weighted by Gasteiger charge is -2.30. The van der Waals surface area contributed by atoms with Gasteiger partial charge in [-0.2, -0.15) is 0 Å². The van der Waals surface area contributed by atoms with Crippen LogP contribution >= 0.6 is 0 Å². The molecule has 1 aliphatic rings. The monoisotopic (exact) mass is 210 g/mol. The summed E-state index contributed by atoms with van der Waals surface area (Å²) in [7, 11) is 0. The zero-order valence-electron chi connectivity index (χ0n) is 11.3. The average molecular weight is 210 g/mol. The fourth-order valence-corrected chi connectivity index (χ4v) is 2.17. The van der Waals surface area contributed by atoms with E-state index in [2.05, 4.69) is 65.2 Å². The van der Waals surface area contributed by atoms with E-state index in [9.17, 15) is 0 Å². The summed E-state index contributed by atoms with van der Waals surface area (Å²) in [6.45, 7) is 16.5. The first-order chi connectivity index (χ1) is 6.52. The molecule has 0 saturated heterocycles. The lowest BCUT2D eigenvalue weighted by molar-refractivity contribution is 0.373. The van der Waals surface area contributed by atoms with Crippen LogP contribution in [0.1, 0.15) is 48.5 Å². The van der Waals surface area contributed by atoms with Crippen molar-refractivity contribution in [3.8, 4) is 0 Å². The zero-order chi connectivity index (χ0) is 11.9. The van der Waals surface area contributed by atoms with Crippen LogP contribution in [-0.2, 0) is 0 Å². The van der Waals surface area contributed by atoms with Gasteiger partial charge in [-0.25, -0.2) is 0 Å². The van der Waals surface area contributed by atoms with Crippen molar-refractivity contribution in [3.05, 3.63) is 11.6 Å². The summed E-state index contributed by atoms with van der Waals surface area (Å²) in [5.41, 5.74) is 1.88. The van der Waals surface area contributed by atoms with E-state index < -0.39 is 0 Å². The molecular formula is C13H26N2. The van der Waals surface area contributed by atoms with Crippen LogP contribution in [0.3, 0.4) is 0 Å². The third-order valence-corrected chi connectivity index (χ3v) is 2.78. The second kappa shape index (κ2) is 3.60. The van der Waals surface area contributed by atoms with Gasteiger partial charge < -0.3 is 5.32 Å². The molecule has 0 aromatic heterocycles. The minimum atomic E-state index is 0.113. The highest BCUT2D eigenvalue weighted by molar-refractivity contribution is 5.31. The molecule has 0 spiro atoms. The SMILES string of the molecule is CC(C)(C)NCC1=CC(C)(C)NC1(C)C. The second-order valence-electron chi connectivity index (χ2n) is 6.74. The molecule has 1 rings (SSSR count). The van der Waals surface area contributed by atoms with E-state index in [4.69, 9.17) is 0 Å². The van der Waals surface area contributed by atoms with Gasteiger partial charge in [0.1, 0.15) is 0 Å². The van der Waals surface area contributed by atoms with Crippen LogP contribution in [0, 0.1) is 0 Å². The van der Waals surface area contributed by atoms with Crippen molar-refractivity contribution in [1.29, 1.82) is 0 Å². The van der Waals surface area contributed by atoms with Gasteiger partial charge in [-0.3, -0.25) is 5.32 Å². The van der Waals surface area contributed by atoms with Gasteiger partial charge in [-0.05, 0) is 54.0 Å². The van der Waals surface area contributed by atoms with E-state index in [-0.39, 0.29) is 16.6 Å². The van der Waals surface area contributed by atoms with Crippen molar-refractivity contribution >= 4 is 0 Å². The van der Waals surface area contributed by atoms with Crippen LogP contribution in [0.25, 0.3) is 0 Å². The third-order valence-electron chi connectivity index (χ3n) is 2.78. The standard InChI is InChI=1S/C13H26N2/c1-11(2,3)14-9-10-8-12(4,5)15-13(10,6)7/h8,14-15H,9H2,1-7H3. The molecule has 0 radical (unpaired) electrons. The minimum absolute atomic E-state index is 0.113. The molecule has 2 heteroatoms. The molecule has 2 N–H and O–H groups in total. The van der Waals surface area contributed by atoms with Crippen molar-refractivity contribution in [2.45, 2.75) is 65.1 Å². The van der Waals surface area contributed by atoms with Crippen LogP contribution in [0.15, 0.2) is 11.6 Å². The Hall–Kier alpha value is -0.340. The lowest BCUT2D eigenvalue weighted by atomic mass is 9.96. The number of nitrogens with one attached hydrogen (secondary N) is 2. The summed E-state index contributed by atoms with van der Waals surface area (Å²) >= 11 is 0. The summed E-state index contributed by atoms with van der Waals surface area (Å²) < 4.78 is 0. The molecule has 0 bridgehead atoms. The van der Waals surface area contributed by atoms with Crippen LogP contribution in [-0.4, -0.2) is 23.2 Å². The Morgan fingerprint density at radius 1 is 1.20 bits per heavy atom. The highest BCUT2D eigenvalue weighted by Gasteiger charge is 2.36. The minimum Gasteiger partial charge on any atom is -0.308 e. The van der Waals surface area contributed by atoms with E-state index in [0.29, 0.717) is 0 Å². The Morgan fingerprint density at radius 2 is 1.73 bits per heavy atom. The van der Waals surface area contributed by atoms with Crippen molar-refractivity contribution in [3.63, 3.8) is 0 Å². The molecule has 0 atom stereocenters. The Bertz CT molecular complexity index is 267. The van der Waals surface area contributed by atoms with E-state index in [1.807, 2.05) is 0 Å². The quantitative estimate of drug-likeness (QED) is 0.684. The first kappa shape index (κ1) is 12.7. The zero-order valence-corrected chi connectivity index (χ0v) is 11.3. The molecule has 15 heavy (non-hydrogen) atoms. The average Bonchev–Trinajstić information content (AvgIpc) is 2.13. The number of rotatable bonds is 2. The maximum Gasteiger partial charge on any atom is 0.0357 e. The molecule has 88 valence electrons. The van der Waals surface area contributed by atoms with Gasteiger partial charge in [0.25, 0.3) is 0 Å².